The van der Waals surface area contributed by atoms with Gasteiger partial charge in [-0.05, 0) is 35.9 Å². The Kier molecular flexibility index (Phi) is 6.53. The largest absolute Gasteiger partial charge is 0.326 e. The maximum atomic E-state index is 12.1. The van der Waals surface area contributed by atoms with Crippen molar-refractivity contribution in [3.05, 3.63) is 59.1 Å². The van der Waals surface area contributed by atoms with Crippen molar-refractivity contribution in [3.63, 3.8) is 0 Å². The Hall–Kier alpha value is -2.40. The molecule has 2 aromatic carbocycles. The average Bonchev–Trinajstić information content (AvgIpc) is 2.57. The maximum Gasteiger partial charge on any atom is 0.240 e. The lowest BCUT2D eigenvalue weighted by atomic mass is 10.1. The molecule has 0 aliphatic heterocycles. The Morgan fingerprint density at radius 1 is 1.16 bits per heavy atom. The van der Waals surface area contributed by atoms with Crippen LogP contribution in [0.3, 0.4) is 0 Å². The van der Waals surface area contributed by atoms with E-state index < -0.39 is 10.0 Å². The third kappa shape index (κ3) is 5.87. The lowest BCUT2D eigenvalue weighted by Gasteiger charge is -2.08. The van der Waals surface area contributed by atoms with Crippen LogP contribution in [0.5, 0.6) is 0 Å². The Labute approximate surface area is 151 Å². The molecule has 2 rings (SSSR count). The fraction of sp³-hybridized carbons (Fsp3) is 0.176. The molecule has 2 N–H and O–H groups in total. The summed E-state index contributed by atoms with van der Waals surface area (Å²) < 4.78 is 26.6. The minimum atomic E-state index is -3.71. The molecule has 1 amide bonds. The van der Waals surface area contributed by atoms with Gasteiger partial charge in [0.2, 0.25) is 15.9 Å². The molecule has 0 saturated carbocycles. The van der Waals surface area contributed by atoms with Crippen LogP contribution in [0.25, 0.3) is 0 Å². The lowest BCUT2D eigenvalue weighted by Crippen LogP contribution is -2.27. The van der Waals surface area contributed by atoms with Gasteiger partial charge in [0.05, 0.1) is 17.4 Å². The number of hydrogen-bond acceptors (Lipinski definition) is 4. The van der Waals surface area contributed by atoms with Gasteiger partial charge < -0.3 is 5.32 Å². The van der Waals surface area contributed by atoms with Crippen LogP contribution in [-0.4, -0.2) is 20.9 Å². The molecule has 0 unspecified atom stereocenters. The van der Waals surface area contributed by atoms with Crippen LogP contribution >= 0.6 is 11.6 Å². The second-order valence-electron chi connectivity index (χ2n) is 5.19. The van der Waals surface area contributed by atoms with Crippen LogP contribution in [-0.2, 0) is 21.2 Å². The summed E-state index contributed by atoms with van der Waals surface area (Å²) >= 11 is 5.78. The van der Waals surface area contributed by atoms with Crippen molar-refractivity contribution in [3.8, 4) is 6.07 Å². The maximum absolute atomic E-state index is 12.1. The van der Waals surface area contributed by atoms with E-state index in [0.717, 1.165) is 5.56 Å². The number of sulfonamides is 1. The number of rotatable bonds is 7. The van der Waals surface area contributed by atoms with Gasteiger partial charge in [-0.25, -0.2) is 13.1 Å². The standard InChI is InChI=1S/C17H16ClN3O3S/c18-14-2-1-3-16(12-14)25(23,24)20-11-9-17(22)21-15-6-4-13(5-7-15)8-10-19/h1-7,12,20H,8-9,11H2,(H,21,22). The fourth-order valence-electron chi connectivity index (χ4n) is 2.04. The van der Waals surface area contributed by atoms with Gasteiger partial charge in [0.15, 0.2) is 0 Å². The van der Waals surface area contributed by atoms with Crippen molar-refractivity contribution in [1.82, 2.24) is 4.72 Å². The molecule has 6 nitrogen and oxygen atoms in total. The number of benzene rings is 2. The summed E-state index contributed by atoms with van der Waals surface area (Å²) in [5.41, 5.74) is 1.44. The normalized spacial score (nSPS) is 10.9. The smallest absolute Gasteiger partial charge is 0.240 e. The van der Waals surface area contributed by atoms with E-state index in [-0.39, 0.29) is 23.8 Å². The van der Waals surface area contributed by atoms with E-state index in [1.54, 1.807) is 36.4 Å². The van der Waals surface area contributed by atoms with Gasteiger partial charge in [-0.1, -0.05) is 29.8 Å². The van der Waals surface area contributed by atoms with Crippen molar-refractivity contribution in [2.45, 2.75) is 17.7 Å². The predicted octanol–water partition coefficient (Wildman–Crippen LogP) is 2.71. The van der Waals surface area contributed by atoms with E-state index in [1.165, 1.54) is 12.1 Å². The highest BCUT2D eigenvalue weighted by Gasteiger charge is 2.14. The van der Waals surface area contributed by atoms with E-state index in [0.29, 0.717) is 17.1 Å². The number of amides is 1. The minimum Gasteiger partial charge on any atom is -0.326 e. The minimum absolute atomic E-state index is 0.0141. The molecular formula is C17H16ClN3O3S. The number of nitrogens with one attached hydrogen (secondary N) is 2. The number of anilines is 1. The van der Waals surface area contributed by atoms with E-state index in [2.05, 4.69) is 10.0 Å². The molecule has 25 heavy (non-hydrogen) atoms. The lowest BCUT2D eigenvalue weighted by molar-refractivity contribution is -0.116. The van der Waals surface area contributed by atoms with Gasteiger partial charge in [-0.3, -0.25) is 4.79 Å². The Balaban J connectivity index is 1.85. The van der Waals surface area contributed by atoms with E-state index in [1.807, 2.05) is 6.07 Å². The van der Waals surface area contributed by atoms with Crippen LogP contribution in [0.15, 0.2) is 53.4 Å². The van der Waals surface area contributed by atoms with Gasteiger partial charge in [0, 0.05) is 23.7 Å². The van der Waals surface area contributed by atoms with Gasteiger partial charge in [-0.15, -0.1) is 0 Å². The molecule has 0 aliphatic carbocycles. The number of halogens is 1. The summed E-state index contributed by atoms with van der Waals surface area (Å²) in [6.07, 6.45) is 0.291. The SMILES string of the molecule is N#CCc1ccc(NC(=O)CCNS(=O)(=O)c2cccc(Cl)c2)cc1. The highest BCUT2D eigenvalue weighted by molar-refractivity contribution is 7.89. The molecule has 0 atom stereocenters. The average molecular weight is 378 g/mol. The van der Waals surface area contributed by atoms with Gasteiger partial charge in [0.1, 0.15) is 0 Å². The van der Waals surface area contributed by atoms with Gasteiger partial charge in [-0.2, -0.15) is 5.26 Å². The van der Waals surface area contributed by atoms with Crippen LogP contribution in [0.4, 0.5) is 5.69 Å². The summed E-state index contributed by atoms with van der Waals surface area (Å²) in [5.74, 6) is -0.318. The molecule has 0 spiro atoms. The van der Waals surface area contributed by atoms with Crippen LogP contribution in [0, 0.1) is 11.3 Å². The van der Waals surface area contributed by atoms with E-state index in [9.17, 15) is 13.2 Å². The zero-order valence-electron chi connectivity index (χ0n) is 13.2. The summed E-state index contributed by atoms with van der Waals surface area (Å²) in [5, 5.41) is 11.6. The topological polar surface area (TPSA) is 99.1 Å². The molecule has 0 heterocycles. The zero-order chi connectivity index (χ0) is 18.3. The summed E-state index contributed by atoms with van der Waals surface area (Å²) in [6.45, 7) is -0.0345. The second-order valence-corrected chi connectivity index (χ2v) is 7.39. The Morgan fingerprint density at radius 2 is 1.88 bits per heavy atom. The molecule has 0 aromatic heterocycles. The summed E-state index contributed by atoms with van der Waals surface area (Å²) in [6, 6.07) is 14.8. The Bertz CT molecular complexity index is 890. The van der Waals surface area contributed by atoms with E-state index in [4.69, 9.17) is 16.9 Å². The molecule has 0 fully saturated rings. The first-order chi connectivity index (χ1) is 11.9. The highest BCUT2D eigenvalue weighted by atomic mass is 35.5. The van der Waals surface area contributed by atoms with Crippen LogP contribution < -0.4 is 10.0 Å². The first kappa shape index (κ1) is 18.9. The molecule has 130 valence electrons. The molecule has 0 bridgehead atoms. The van der Waals surface area contributed by atoms with Crippen molar-refractivity contribution >= 4 is 33.2 Å². The summed E-state index contributed by atoms with van der Waals surface area (Å²) in [4.78, 5) is 11.9. The first-order valence-electron chi connectivity index (χ1n) is 7.42. The van der Waals surface area contributed by atoms with Crippen molar-refractivity contribution in [2.75, 3.05) is 11.9 Å². The van der Waals surface area contributed by atoms with E-state index >= 15 is 0 Å². The molecule has 2 aromatic rings. The monoisotopic (exact) mass is 377 g/mol. The quantitative estimate of drug-likeness (QED) is 0.774. The van der Waals surface area contributed by atoms with Crippen molar-refractivity contribution < 1.29 is 13.2 Å². The zero-order valence-corrected chi connectivity index (χ0v) is 14.8. The van der Waals surface area contributed by atoms with Crippen LogP contribution in [0.1, 0.15) is 12.0 Å². The molecule has 8 heteroatoms. The fourth-order valence-corrected chi connectivity index (χ4v) is 3.37. The summed E-state index contributed by atoms with van der Waals surface area (Å²) in [7, 11) is -3.71. The molecule has 0 saturated heterocycles. The van der Waals surface area contributed by atoms with Crippen molar-refractivity contribution in [2.24, 2.45) is 0 Å². The number of hydrogen-bond donors (Lipinski definition) is 2. The number of carbonyl (C=O) groups is 1. The molecule has 0 aliphatic rings. The Morgan fingerprint density at radius 3 is 2.52 bits per heavy atom. The number of carbonyl (C=O) groups excluding carboxylic acids is 1. The highest BCUT2D eigenvalue weighted by Crippen LogP contribution is 2.15. The number of nitrogens with zero attached hydrogens (tertiary/aromatic N) is 1. The second kappa shape index (κ2) is 8.62. The first-order valence-corrected chi connectivity index (χ1v) is 9.28. The predicted molar refractivity (Wildman–Crippen MR) is 95.6 cm³/mol. The third-order valence-corrected chi connectivity index (χ3v) is 4.97. The van der Waals surface area contributed by atoms with Crippen LogP contribution in [0.2, 0.25) is 5.02 Å². The van der Waals surface area contributed by atoms with Gasteiger partial charge >= 0.3 is 0 Å². The third-order valence-electron chi connectivity index (χ3n) is 3.27. The van der Waals surface area contributed by atoms with Crippen molar-refractivity contribution in [1.29, 1.82) is 5.26 Å². The molecular weight excluding hydrogens is 362 g/mol. The number of nitriles is 1. The van der Waals surface area contributed by atoms with Gasteiger partial charge in [0.25, 0.3) is 0 Å². The molecule has 0 radical (unpaired) electrons.